The number of aryl methyl sites for hydroxylation is 2. The van der Waals surface area contributed by atoms with Crippen molar-refractivity contribution >= 4 is 5.97 Å². The van der Waals surface area contributed by atoms with Gasteiger partial charge in [0.2, 0.25) is 5.89 Å². The van der Waals surface area contributed by atoms with E-state index in [4.69, 9.17) is 13.9 Å². The lowest BCUT2D eigenvalue weighted by molar-refractivity contribution is -0.166. The fraction of sp³-hybridized carbons (Fsp3) is 0.643. The van der Waals surface area contributed by atoms with Crippen molar-refractivity contribution in [2.45, 2.75) is 105 Å². The van der Waals surface area contributed by atoms with E-state index in [0.29, 0.717) is 18.4 Å². The molecule has 1 heterocycles. The molecule has 0 aliphatic heterocycles. The molecule has 1 aromatic carbocycles. The standard InChI is InChI=1S/C28H41NO4/c1-19-11-13-22(14-12-19)25-29-24(20(2)32-25)18-31-23-10-8-9-21(17-23)15-16-28(6,7)26(30)33-27(3,4)5/h11-14,21,23H,8-10,15-18H2,1-7H3/t21-,23-/m1/s1. The van der Waals surface area contributed by atoms with Crippen molar-refractivity contribution in [2.75, 3.05) is 0 Å². The van der Waals surface area contributed by atoms with Gasteiger partial charge in [0.25, 0.3) is 0 Å². The van der Waals surface area contributed by atoms with Crippen LogP contribution in [0.25, 0.3) is 11.5 Å². The van der Waals surface area contributed by atoms with E-state index in [1.807, 2.05) is 53.7 Å². The summed E-state index contributed by atoms with van der Waals surface area (Å²) in [5, 5.41) is 0. The highest BCUT2D eigenvalue weighted by atomic mass is 16.6. The molecule has 0 spiro atoms. The fourth-order valence-corrected chi connectivity index (χ4v) is 4.32. The molecule has 1 saturated carbocycles. The summed E-state index contributed by atoms with van der Waals surface area (Å²) in [4.78, 5) is 17.3. The molecule has 0 amide bonds. The van der Waals surface area contributed by atoms with Crippen LogP contribution < -0.4 is 0 Å². The summed E-state index contributed by atoms with van der Waals surface area (Å²) in [6, 6.07) is 8.21. The molecule has 5 heteroatoms. The van der Waals surface area contributed by atoms with Gasteiger partial charge in [-0.2, -0.15) is 0 Å². The van der Waals surface area contributed by atoms with Gasteiger partial charge < -0.3 is 13.9 Å². The van der Waals surface area contributed by atoms with E-state index < -0.39 is 11.0 Å². The van der Waals surface area contributed by atoms with Crippen molar-refractivity contribution in [3.05, 3.63) is 41.3 Å². The van der Waals surface area contributed by atoms with Crippen molar-refractivity contribution in [1.82, 2.24) is 4.98 Å². The third-order valence-corrected chi connectivity index (χ3v) is 6.51. The van der Waals surface area contributed by atoms with E-state index in [9.17, 15) is 4.79 Å². The van der Waals surface area contributed by atoms with Crippen molar-refractivity contribution in [2.24, 2.45) is 11.3 Å². The second-order valence-corrected chi connectivity index (χ2v) is 11.3. The number of aromatic nitrogens is 1. The number of benzene rings is 1. The van der Waals surface area contributed by atoms with E-state index in [-0.39, 0.29) is 12.1 Å². The van der Waals surface area contributed by atoms with Crippen LogP contribution in [0.15, 0.2) is 28.7 Å². The first-order valence-electron chi connectivity index (χ1n) is 12.3. The van der Waals surface area contributed by atoms with Crippen LogP contribution in [-0.4, -0.2) is 22.7 Å². The zero-order chi connectivity index (χ0) is 24.2. The summed E-state index contributed by atoms with van der Waals surface area (Å²) in [6.07, 6.45) is 6.56. The third-order valence-electron chi connectivity index (χ3n) is 6.51. The highest BCUT2D eigenvalue weighted by Gasteiger charge is 2.34. The molecule has 0 bridgehead atoms. The van der Waals surface area contributed by atoms with Gasteiger partial charge in [0.15, 0.2) is 0 Å². The first-order chi connectivity index (χ1) is 15.4. The molecule has 0 N–H and O–H groups in total. The lowest BCUT2D eigenvalue weighted by Crippen LogP contribution is -2.34. The number of carbonyl (C=O) groups is 1. The van der Waals surface area contributed by atoms with Crippen molar-refractivity contribution in [3.63, 3.8) is 0 Å². The molecule has 5 nitrogen and oxygen atoms in total. The van der Waals surface area contributed by atoms with Crippen LogP contribution in [0.4, 0.5) is 0 Å². The average molecular weight is 456 g/mol. The number of hydrogen-bond donors (Lipinski definition) is 0. The number of oxazole rings is 1. The number of esters is 1. The third kappa shape index (κ3) is 7.43. The van der Waals surface area contributed by atoms with Gasteiger partial charge in [0, 0.05) is 5.56 Å². The van der Waals surface area contributed by atoms with E-state index in [1.54, 1.807) is 0 Å². The van der Waals surface area contributed by atoms with Crippen LogP contribution in [-0.2, 0) is 20.9 Å². The highest BCUT2D eigenvalue weighted by molar-refractivity contribution is 5.76. The maximum atomic E-state index is 12.6. The molecule has 1 fully saturated rings. The van der Waals surface area contributed by atoms with Crippen LogP contribution in [0.1, 0.15) is 90.2 Å². The van der Waals surface area contributed by atoms with Gasteiger partial charge in [0.1, 0.15) is 17.1 Å². The molecule has 182 valence electrons. The minimum atomic E-state index is -0.467. The van der Waals surface area contributed by atoms with E-state index in [2.05, 4.69) is 24.0 Å². The monoisotopic (exact) mass is 455 g/mol. The maximum Gasteiger partial charge on any atom is 0.312 e. The lowest BCUT2D eigenvalue weighted by atomic mass is 9.79. The van der Waals surface area contributed by atoms with Crippen molar-refractivity contribution < 1.29 is 18.7 Å². The molecule has 2 atom stereocenters. The largest absolute Gasteiger partial charge is 0.460 e. The maximum absolute atomic E-state index is 12.6. The molecule has 1 aromatic heterocycles. The fourth-order valence-electron chi connectivity index (χ4n) is 4.32. The first kappa shape index (κ1) is 25.5. The van der Waals surface area contributed by atoms with Gasteiger partial charge in [0.05, 0.1) is 18.1 Å². The predicted molar refractivity (Wildman–Crippen MR) is 131 cm³/mol. The molecule has 0 unspecified atom stereocenters. The quantitative estimate of drug-likeness (QED) is 0.394. The second-order valence-electron chi connectivity index (χ2n) is 11.3. The van der Waals surface area contributed by atoms with Crippen molar-refractivity contribution in [3.8, 4) is 11.5 Å². The zero-order valence-electron chi connectivity index (χ0n) is 21.5. The van der Waals surface area contributed by atoms with E-state index >= 15 is 0 Å². The molecule has 0 radical (unpaired) electrons. The van der Waals surface area contributed by atoms with Crippen LogP contribution in [0.2, 0.25) is 0 Å². The number of hydrogen-bond acceptors (Lipinski definition) is 5. The zero-order valence-corrected chi connectivity index (χ0v) is 21.5. The number of nitrogens with zero attached hydrogens (tertiary/aromatic N) is 1. The summed E-state index contributed by atoms with van der Waals surface area (Å²) in [7, 11) is 0. The number of ether oxygens (including phenoxy) is 2. The van der Waals surface area contributed by atoms with Gasteiger partial charge >= 0.3 is 5.97 Å². The Morgan fingerprint density at radius 2 is 1.79 bits per heavy atom. The Morgan fingerprint density at radius 3 is 2.45 bits per heavy atom. The summed E-state index contributed by atoms with van der Waals surface area (Å²) >= 11 is 0. The molecular formula is C28H41NO4. The Hall–Kier alpha value is -2.14. The molecule has 1 aliphatic rings. The highest BCUT2D eigenvalue weighted by Crippen LogP contribution is 2.35. The second kappa shape index (κ2) is 10.4. The summed E-state index contributed by atoms with van der Waals surface area (Å²) in [5.41, 5.74) is 2.16. The SMILES string of the molecule is Cc1ccc(-c2nc(CO[C@@H]3CCC[C@H](CCC(C)(C)C(=O)OC(C)(C)C)C3)c(C)o2)cc1. The Bertz CT molecular complexity index is 920. The van der Waals surface area contributed by atoms with Gasteiger partial charge in [-0.25, -0.2) is 4.98 Å². The smallest absolute Gasteiger partial charge is 0.312 e. The molecule has 33 heavy (non-hydrogen) atoms. The number of rotatable bonds is 8. The van der Waals surface area contributed by atoms with Crippen LogP contribution in [0.3, 0.4) is 0 Å². The Morgan fingerprint density at radius 1 is 1.09 bits per heavy atom. The predicted octanol–water partition coefficient (Wildman–Crippen LogP) is 7.18. The summed E-state index contributed by atoms with van der Waals surface area (Å²) < 4.78 is 17.8. The molecule has 1 aliphatic carbocycles. The van der Waals surface area contributed by atoms with Crippen LogP contribution in [0.5, 0.6) is 0 Å². The Balaban J connectivity index is 1.50. The molecular weight excluding hydrogens is 414 g/mol. The van der Waals surface area contributed by atoms with Gasteiger partial charge in [-0.1, -0.05) is 30.5 Å². The lowest BCUT2D eigenvalue weighted by Gasteiger charge is -2.32. The first-order valence-corrected chi connectivity index (χ1v) is 12.3. The topological polar surface area (TPSA) is 61.6 Å². The van der Waals surface area contributed by atoms with Crippen LogP contribution >= 0.6 is 0 Å². The average Bonchev–Trinajstić information content (AvgIpc) is 3.11. The van der Waals surface area contributed by atoms with E-state index in [1.165, 1.54) is 12.0 Å². The Labute approximate surface area is 199 Å². The Kier molecular flexibility index (Phi) is 8.04. The van der Waals surface area contributed by atoms with Gasteiger partial charge in [-0.3, -0.25) is 4.79 Å². The van der Waals surface area contributed by atoms with Crippen LogP contribution in [0, 0.1) is 25.2 Å². The molecule has 0 saturated heterocycles. The summed E-state index contributed by atoms with van der Waals surface area (Å²) in [6.45, 7) is 14.3. The minimum Gasteiger partial charge on any atom is -0.460 e. The molecule has 3 rings (SSSR count). The van der Waals surface area contributed by atoms with Gasteiger partial charge in [-0.05, 0) is 92.2 Å². The van der Waals surface area contributed by atoms with Crippen molar-refractivity contribution in [1.29, 1.82) is 0 Å². The minimum absolute atomic E-state index is 0.107. The molecule has 2 aromatic rings. The van der Waals surface area contributed by atoms with Gasteiger partial charge in [-0.15, -0.1) is 0 Å². The van der Waals surface area contributed by atoms with E-state index in [0.717, 1.165) is 49.1 Å². The summed E-state index contributed by atoms with van der Waals surface area (Å²) in [5.74, 6) is 1.94. The normalized spacial score (nSPS) is 19.5. The number of carbonyl (C=O) groups excluding carboxylic acids is 1.